The molecule has 1 aliphatic rings. The second-order valence-electron chi connectivity index (χ2n) is 5.60. The van der Waals surface area contributed by atoms with Crippen LogP contribution in [0.4, 0.5) is 5.69 Å². The summed E-state index contributed by atoms with van der Waals surface area (Å²) in [6.07, 6.45) is 7.77. The van der Waals surface area contributed by atoms with Crippen molar-refractivity contribution in [1.29, 1.82) is 0 Å². The Balaban J connectivity index is 1.62. The minimum absolute atomic E-state index is 0.433. The third kappa shape index (κ3) is 5.93. The summed E-state index contributed by atoms with van der Waals surface area (Å²) in [5, 5.41) is 3.06. The van der Waals surface area contributed by atoms with E-state index in [1.165, 1.54) is 32.1 Å². The molecule has 0 heterocycles. The fourth-order valence-electron chi connectivity index (χ4n) is 2.61. The number of ether oxygens (including phenoxy) is 2. The first-order valence-corrected chi connectivity index (χ1v) is 8.10. The summed E-state index contributed by atoms with van der Waals surface area (Å²) < 4.78 is 11.0. The van der Waals surface area contributed by atoms with E-state index in [0.717, 1.165) is 24.5 Å². The third-order valence-electron chi connectivity index (χ3n) is 3.85. The Bertz CT molecular complexity index is 453. The van der Waals surface area contributed by atoms with E-state index in [9.17, 15) is 0 Å². The van der Waals surface area contributed by atoms with Gasteiger partial charge in [-0.05, 0) is 43.5 Å². The monoisotopic (exact) mass is 305 g/mol. The standard InChI is InChI=1S/C17H27N3O2/c1-21-15-10-8-14(9-11-15)20-17(18)19-12-5-13-22-16-6-3-2-4-7-16/h8-11,16H,2-7,12-13H2,1H3,(H3,18,19,20). The summed E-state index contributed by atoms with van der Waals surface area (Å²) in [4.78, 5) is 4.32. The van der Waals surface area contributed by atoms with Crippen molar-refractivity contribution < 1.29 is 9.47 Å². The van der Waals surface area contributed by atoms with Crippen LogP contribution in [-0.4, -0.2) is 32.3 Å². The van der Waals surface area contributed by atoms with Crippen LogP contribution >= 0.6 is 0 Å². The fraction of sp³-hybridized carbons (Fsp3) is 0.588. The Labute approximate surface area is 132 Å². The van der Waals surface area contributed by atoms with E-state index in [2.05, 4.69) is 10.3 Å². The first kappa shape index (κ1) is 16.6. The molecule has 1 aliphatic carbocycles. The predicted octanol–water partition coefficient (Wildman–Crippen LogP) is 3.16. The molecule has 0 unspecified atom stereocenters. The molecule has 0 aromatic heterocycles. The van der Waals surface area contributed by atoms with E-state index in [1.54, 1.807) is 7.11 Å². The molecule has 22 heavy (non-hydrogen) atoms. The smallest absolute Gasteiger partial charge is 0.193 e. The maximum Gasteiger partial charge on any atom is 0.193 e. The Kier molecular flexibility index (Phi) is 7.03. The van der Waals surface area contributed by atoms with E-state index >= 15 is 0 Å². The van der Waals surface area contributed by atoms with Gasteiger partial charge in [0.1, 0.15) is 5.75 Å². The highest BCUT2D eigenvalue weighted by Crippen LogP contribution is 2.20. The number of aliphatic imine (C=N–C) groups is 1. The normalized spacial score (nSPS) is 16.5. The highest BCUT2D eigenvalue weighted by molar-refractivity contribution is 5.92. The van der Waals surface area contributed by atoms with Crippen LogP contribution in [0.25, 0.3) is 0 Å². The van der Waals surface area contributed by atoms with Gasteiger partial charge >= 0.3 is 0 Å². The molecule has 1 saturated carbocycles. The molecule has 0 spiro atoms. The van der Waals surface area contributed by atoms with Gasteiger partial charge in [-0.2, -0.15) is 0 Å². The van der Waals surface area contributed by atoms with Crippen molar-refractivity contribution in [2.24, 2.45) is 10.7 Å². The summed E-state index contributed by atoms with van der Waals surface area (Å²) in [5.74, 6) is 1.25. The molecule has 0 amide bonds. The van der Waals surface area contributed by atoms with Gasteiger partial charge in [0.15, 0.2) is 5.96 Å². The zero-order valence-electron chi connectivity index (χ0n) is 13.4. The number of anilines is 1. The van der Waals surface area contributed by atoms with Crippen LogP contribution in [0, 0.1) is 0 Å². The molecule has 1 aromatic rings. The average molecular weight is 305 g/mol. The largest absolute Gasteiger partial charge is 0.497 e. The van der Waals surface area contributed by atoms with Gasteiger partial charge in [0, 0.05) is 18.8 Å². The van der Waals surface area contributed by atoms with E-state index in [-0.39, 0.29) is 0 Å². The average Bonchev–Trinajstić information content (AvgIpc) is 2.56. The molecule has 0 saturated heterocycles. The first-order chi connectivity index (χ1) is 10.8. The van der Waals surface area contributed by atoms with Crippen molar-refractivity contribution >= 4 is 11.6 Å². The number of rotatable bonds is 7. The molecule has 5 heteroatoms. The minimum Gasteiger partial charge on any atom is -0.497 e. The van der Waals surface area contributed by atoms with Crippen LogP contribution in [0.1, 0.15) is 38.5 Å². The van der Waals surface area contributed by atoms with Crippen molar-refractivity contribution in [2.45, 2.75) is 44.6 Å². The number of hydrogen-bond acceptors (Lipinski definition) is 3. The summed E-state index contributed by atoms with van der Waals surface area (Å²) in [7, 11) is 1.65. The second kappa shape index (κ2) is 9.30. The Hall–Kier alpha value is -1.75. The molecular formula is C17H27N3O2. The summed E-state index contributed by atoms with van der Waals surface area (Å²) in [6, 6.07) is 7.59. The van der Waals surface area contributed by atoms with E-state index in [0.29, 0.717) is 18.6 Å². The highest BCUT2D eigenvalue weighted by Gasteiger charge is 2.12. The van der Waals surface area contributed by atoms with Crippen LogP contribution in [0.2, 0.25) is 0 Å². The molecule has 122 valence electrons. The minimum atomic E-state index is 0.433. The Morgan fingerprint density at radius 1 is 1.23 bits per heavy atom. The maximum absolute atomic E-state index is 5.87. The van der Waals surface area contributed by atoms with Gasteiger partial charge in [0.25, 0.3) is 0 Å². The molecule has 0 bridgehead atoms. The molecular weight excluding hydrogens is 278 g/mol. The van der Waals surface area contributed by atoms with Gasteiger partial charge in [-0.25, -0.2) is 0 Å². The summed E-state index contributed by atoms with van der Waals surface area (Å²) in [6.45, 7) is 1.45. The first-order valence-electron chi connectivity index (χ1n) is 8.10. The van der Waals surface area contributed by atoms with Crippen LogP contribution in [0.3, 0.4) is 0 Å². The Morgan fingerprint density at radius 3 is 2.64 bits per heavy atom. The van der Waals surface area contributed by atoms with Gasteiger partial charge in [-0.1, -0.05) is 19.3 Å². The summed E-state index contributed by atoms with van der Waals surface area (Å²) in [5.41, 5.74) is 6.77. The third-order valence-corrected chi connectivity index (χ3v) is 3.85. The number of nitrogens with one attached hydrogen (secondary N) is 1. The van der Waals surface area contributed by atoms with Gasteiger partial charge in [0.05, 0.1) is 13.2 Å². The molecule has 0 atom stereocenters. The molecule has 2 rings (SSSR count). The van der Waals surface area contributed by atoms with Gasteiger partial charge in [-0.15, -0.1) is 0 Å². The number of nitrogens with zero attached hydrogens (tertiary/aromatic N) is 1. The quantitative estimate of drug-likeness (QED) is 0.461. The topological polar surface area (TPSA) is 68.9 Å². The number of hydrogen-bond donors (Lipinski definition) is 2. The molecule has 1 aromatic carbocycles. The predicted molar refractivity (Wildman–Crippen MR) is 90.5 cm³/mol. The van der Waals surface area contributed by atoms with Crippen molar-refractivity contribution in [3.05, 3.63) is 24.3 Å². The molecule has 5 nitrogen and oxygen atoms in total. The van der Waals surface area contributed by atoms with Crippen molar-refractivity contribution in [3.8, 4) is 5.75 Å². The van der Waals surface area contributed by atoms with Crippen LogP contribution in [-0.2, 0) is 4.74 Å². The van der Waals surface area contributed by atoms with Crippen LogP contribution in [0.15, 0.2) is 29.3 Å². The Morgan fingerprint density at radius 2 is 1.95 bits per heavy atom. The van der Waals surface area contributed by atoms with Crippen LogP contribution < -0.4 is 15.8 Å². The number of nitrogens with two attached hydrogens (primary N) is 1. The number of methoxy groups -OCH3 is 1. The lowest BCUT2D eigenvalue weighted by atomic mass is 9.98. The fourth-order valence-corrected chi connectivity index (χ4v) is 2.61. The molecule has 0 aliphatic heterocycles. The second-order valence-corrected chi connectivity index (χ2v) is 5.60. The maximum atomic E-state index is 5.87. The van der Waals surface area contributed by atoms with Gasteiger partial charge in [-0.3, -0.25) is 4.99 Å². The summed E-state index contributed by atoms with van der Waals surface area (Å²) >= 11 is 0. The van der Waals surface area contributed by atoms with Crippen molar-refractivity contribution in [2.75, 3.05) is 25.6 Å². The lowest BCUT2D eigenvalue weighted by molar-refractivity contribution is 0.0281. The zero-order valence-corrected chi connectivity index (χ0v) is 13.4. The number of benzene rings is 1. The lowest BCUT2D eigenvalue weighted by Crippen LogP contribution is -2.23. The van der Waals surface area contributed by atoms with Gasteiger partial charge < -0.3 is 20.5 Å². The molecule has 0 radical (unpaired) electrons. The van der Waals surface area contributed by atoms with Crippen molar-refractivity contribution in [1.82, 2.24) is 0 Å². The van der Waals surface area contributed by atoms with Crippen molar-refractivity contribution in [3.63, 3.8) is 0 Å². The van der Waals surface area contributed by atoms with Gasteiger partial charge in [0.2, 0.25) is 0 Å². The lowest BCUT2D eigenvalue weighted by Gasteiger charge is -2.21. The molecule has 1 fully saturated rings. The SMILES string of the molecule is COc1ccc(NC(N)=NCCCOC2CCCCC2)cc1. The van der Waals surface area contributed by atoms with E-state index in [4.69, 9.17) is 15.2 Å². The van der Waals surface area contributed by atoms with E-state index < -0.39 is 0 Å². The zero-order chi connectivity index (χ0) is 15.6. The number of guanidine groups is 1. The van der Waals surface area contributed by atoms with Crippen LogP contribution in [0.5, 0.6) is 5.75 Å². The van der Waals surface area contributed by atoms with E-state index in [1.807, 2.05) is 24.3 Å². The highest BCUT2D eigenvalue weighted by atomic mass is 16.5. The molecule has 3 N–H and O–H groups in total.